The molecule has 2 heterocycles. The number of nitrogens with one attached hydrogen (secondary N) is 2. The lowest BCUT2D eigenvalue weighted by atomic mass is 10.1. The summed E-state index contributed by atoms with van der Waals surface area (Å²) in [5, 5.41) is 18.8. The van der Waals surface area contributed by atoms with Crippen molar-refractivity contribution in [2.45, 2.75) is 19.8 Å². The molecule has 0 unspecified atom stereocenters. The standard InChI is InChI=1S/C19H17N5O2/c1-12-5-7-13(8-6-12)19-24-22-17(26-19)10-9-16(25)21-15-4-2-3-14-11-20-23-18(14)15/h2-8,11H,9-10H2,1H3,(H,20,23)(H,21,25). The third-order valence-electron chi connectivity index (χ3n) is 4.08. The molecule has 0 spiro atoms. The summed E-state index contributed by atoms with van der Waals surface area (Å²) in [6.07, 6.45) is 2.35. The molecule has 0 aliphatic heterocycles. The van der Waals surface area contributed by atoms with E-state index in [1.165, 1.54) is 0 Å². The van der Waals surface area contributed by atoms with Crippen LogP contribution in [0.1, 0.15) is 17.9 Å². The van der Waals surface area contributed by atoms with Gasteiger partial charge in [-0.1, -0.05) is 29.8 Å². The number of H-pyrrole nitrogens is 1. The highest BCUT2D eigenvalue weighted by atomic mass is 16.4. The van der Waals surface area contributed by atoms with Gasteiger partial charge in [0.25, 0.3) is 0 Å². The normalized spacial score (nSPS) is 11.0. The average molecular weight is 347 g/mol. The van der Waals surface area contributed by atoms with E-state index in [1.807, 2.05) is 49.4 Å². The van der Waals surface area contributed by atoms with Crippen molar-refractivity contribution in [2.24, 2.45) is 0 Å². The molecule has 2 N–H and O–H groups in total. The summed E-state index contributed by atoms with van der Waals surface area (Å²) in [5.74, 6) is 0.778. The zero-order valence-corrected chi connectivity index (χ0v) is 14.2. The largest absolute Gasteiger partial charge is 0.421 e. The molecule has 0 aliphatic carbocycles. The van der Waals surface area contributed by atoms with E-state index in [1.54, 1.807) is 6.20 Å². The van der Waals surface area contributed by atoms with Gasteiger partial charge in [0.2, 0.25) is 17.7 Å². The maximum atomic E-state index is 12.2. The van der Waals surface area contributed by atoms with Crippen LogP contribution >= 0.6 is 0 Å². The number of aryl methyl sites for hydroxylation is 2. The fourth-order valence-electron chi connectivity index (χ4n) is 2.67. The van der Waals surface area contributed by atoms with E-state index in [0.29, 0.717) is 23.9 Å². The van der Waals surface area contributed by atoms with Crippen molar-refractivity contribution in [3.8, 4) is 11.5 Å². The minimum atomic E-state index is -0.123. The molecule has 0 atom stereocenters. The van der Waals surface area contributed by atoms with Gasteiger partial charge in [-0.25, -0.2) is 0 Å². The second-order valence-corrected chi connectivity index (χ2v) is 6.05. The Balaban J connectivity index is 1.39. The number of nitrogens with zero attached hydrogens (tertiary/aromatic N) is 3. The van der Waals surface area contributed by atoms with Crippen LogP contribution in [-0.4, -0.2) is 26.3 Å². The molecule has 0 bridgehead atoms. The van der Waals surface area contributed by atoms with Gasteiger partial charge in [-0.2, -0.15) is 5.10 Å². The van der Waals surface area contributed by atoms with Gasteiger partial charge < -0.3 is 9.73 Å². The Morgan fingerprint density at radius 1 is 1.15 bits per heavy atom. The van der Waals surface area contributed by atoms with Gasteiger partial charge in [0, 0.05) is 23.8 Å². The molecule has 0 radical (unpaired) electrons. The van der Waals surface area contributed by atoms with Crippen molar-refractivity contribution in [1.82, 2.24) is 20.4 Å². The van der Waals surface area contributed by atoms with Crippen LogP contribution in [0.4, 0.5) is 5.69 Å². The molecule has 1 amide bonds. The number of carbonyl (C=O) groups is 1. The molecule has 130 valence electrons. The van der Waals surface area contributed by atoms with E-state index in [2.05, 4.69) is 25.7 Å². The van der Waals surface area contributed by atoms with Gasteiger partial charge in [0.05, 0.1) is 17.4 Å². The number of hydrogen-bond acceptors (Lipinski definition) is 5. The highest BCUT2D eigenvalue weighted by molar-refractivity contribution is 6.00. The minimum absolute atomic E-state index is 0.123. The molecule has 7 nitrogen and oxygen atoms in total. The predicted molar refractivity (Wildman–Crippen MR) is 97.5 cm³/mol. The van der Waals surface area contributed by atoms with Gasteiger partial charge in [-0.3, -0.25) is 9.89 Å². The van der Waals surface area contributed by atoms with Crippen LogP contribution in [0, 0.1) is 6.92 Å². The molecule has 2 aromatic heterocycles. The molecule has 4 rings (SSSR count). The Bertz CT molecular complexity index is 1050. The zero-order chi connectivity index (χ0) is 17.9. The highest BCUT2D eigenvalue weighted by Gasteiger charge is 2.12. The van der Waals surface area contributed by atoms with Crippen molar-refractivity contribution >= 4 is 22.5 Å². The number of fused-ring (bicyclic) bond motifs is 1. The molecule has 0 saturated carbocycles. The second-order valence-electron chi connectivity index (χ2n) is 6.05. The summed E-state index contributed by atoms with van der Waals surface area (Å²) in [7, 11) is 0. The Labute approximate surface area is 149 Å². The van der Waals surface area contributed by atoms with Crippen molar-refractivity contribution in [3.05, 3.63) is 60.1 Å². The van der Waals surface area contributed by atoms with Gasteiger partial charge in [0.15, 0.2) is 0 Å². The molecule has 7 heteroatoms. The molecule has 4 aromatic rings. The number of aromatic nitrogens is 4. The number of amides is 1. The Hall–Kier alpha value is -3.48. The summed E-state index contributed by atoms with van der Waals surface area (Å²) in [5.41, 5.74) is 3.54. The molecule has 26 heavy (non-hydrogen) atoms. The predicted octanol–water partition coefficient (Wildman–Crippen LogP) is 3.49. The molecule has 0 fully saturated rings. The van der Waals surface area contributed by atoms with E-state index in [9.17, 15) is 4.79 Å². The van der Waals surface area contributed by atoms with E-state index < -0.39 is 0 Å². The van der Waals surface area contributed by atoms with Crippen molar-refractivity contribution < 1.29 is 9.21 Å². The zero-order valence-electron chi connectivity index (χ0n) is 14.2. The third kappa shape index (κ3) is 3.32. The number of anilines is 1. The van der Waals surface area contributed by atoms with Gasteiger partial charge in [-0.15, -0.1) is 10.2 Å². The van der Waals surface area contributed by atoms with Gasteiger partial charge in [-0.05, 0) is 25.1 Å². The fraction of sp³-hybridized carbons (Fsp3) is 0.158. The van der Waals surface area contributed by atoms with E-state index >= 15 is 0 Å². The first-order valence-corrected chi connectivity index (χ1v) is 8.30. The van der Waals surface area contributed by atoms with E-state index in [0.717, 1.165) is 22.0 Å². The number of rotatable bonds is 5. The number of carbonyl (C=O) groups excluding carboxylic acids is 1. The lowest BCUT2D eigenvalue weighted by Crippen LogP contribution is -2.12. The van der Waals surface area contributed by atoms with Gasteiger partial charge >= 0.3 is 0 Å². The summed E-state index contributed by atoms with van der Waals surface area (Å²) in [4.78, 5) is 12.2. The van der Waals surface area contributed by atoms with Crippen LogP contribution in [0.3, 0.4) is 0 Å². The lowest BCUT2D eigenvalue weighted by Gasteiger charge is -2.05. The van der Waals surface area contributed by atoms with Crippen molar-refractivity contribution in [1.29, 1.82) is 0 Å². The van der Waals surface area contributed by atoms with Crippen LogP contribution in [-0.2, 0) is 11.2 Å². The smallest absolute Gasteiger partial charge is 0.247 e. The monoisotopic (exact) mass is 347 g/mol. The first kappa shape index (κ1) is 16.0. The quantitative estimate of drug-likeness (QED) is 0.576. The number of para-hydroxylation sites is 1. The van der Waals surface area contributed by atoms with Crippen LogP contribution in [0.5, 0.6) is 0 Å². The fourth-order valence-corrected chi connectivity index (χ4v) is 2.67. The number of hydrogen-bond donors (Lipinski definition) is 2. The van der Waals surface area contributed by atoms with Crippen LogP contribution in [0.2, 0.25) is 0 Å². The average Bonchev–Trinajstić information content (AvgIpc) is 3.30. The first-order valence-electron chi connectivity index (χ1n) is 8.30. The minimum Gasteiger partial charge on any atom is -0.421 e. The Morgan fingerprint density at radius 2 is 2.00 bits per heavy atom. The van der Waals surface area contributed by atoms with Crippen LogP contribution in [0.15, 0.2) is 53.1 Å². The molecule has 0 saturated heterocycles. The topological polar surface area (TPSA) is 96.7 Å². The van der Waals surface area contributed by atoms with E-state index in [4.69, 9.17) is 4.42 Å². The summed E-state index contributed by atoms with van der Waals surface area (Å²) >= 11 is 0. The van der Waals surface area contributed by atoms with E-state index in [-0.39, 0.29) is 12.3 Å². The summed E-state index contributed by atoms with van der Waals surface area (Å²) in [6, 6.07) is 13.5. The summed E-state index contributed by atoms with van der Waals surface area (Å²) in [6.45, 7) is 2.02. The summed E-state index contributed by atoms with van der Waals surface area (Å²) < 4.78 is 5.65. The Morgan fingerprint density at radius 3 is 2.85 bits per heavy atom. The third-order valence-corrected chi connectivity index (χ3v) is 4.08. The van der Waals surface area contributed by atoms with Crippen LogP contribution < -0.4 is 5.32 Å². The van der Waals surface area contributed by atoms with Crippen LogP contribution in [0.25, 0.3) is 22.4 Å². The van der Waals surface area contributed by atoms with Crippen molar-refractivity contribution in [3.63, 3.8) is 0 Å². The first-order chi connectivity index (χ1) is 12.7. The van der Waals surface area contributed by atoms with Crippen molar-refractivity contribution in [2.75, 3.05) is 5.32 Å². The molecular formula is C19H17N5O2. The SMILES string of the molecule is Cc1ccc(-c2nnc(CCC(=O)Nc3cccc4cn[nH]c34)o2)cc1. The maximum absolute atomic E-state index is 12.2. The van der Waals surface area contributed by atoms with Gasteiger partial charge in [0.1, 0.15) is 0 Å². The highest BCUT2D eigenvalue weighted by Crippen LogP contribution is 2.21. The molecule has 2 aromatic carbocycles. The molecule has 0 aliphatic rings. The molecular weight excluding hydrogens is 330 g/mol. The lowest BCUT2D eigenvalue weighted by molar-refractivity contribution is -0.116. The second kappa shape index (κ2) is 6.79. The Kier molecular flexibility index (Phi) is 4.18. The number of benzene rings is 2. The maximum Gasteiger partial charge on any atom is 0.247 e. The number of aromatic amines is 1.